The minimum absolute atomic E-state index is 0.129. The molecule has 4 aromatic rings. The van der Waals surface area contributed by atoms with E-state index in [0.717, 1.165) is 21.8 Å². The third kappa shape index (κ3) is 2.57. The maximum atomic E-state index is 6.07. The minimum Gasteiger partial charge on any atom is -0.490 e. The molecule has 0 spiro atoms. The van der Waals surface area contributed by atoms with E-state index in [1.165, 1.54) is 15.5 Å². The lowest BCUT2D eigenvalue weighted by Crippen LogP contribution is -2.06. The van der Waals surface area contributed by atoms with Crippen molar-refractivity contribution in [3.63, 3.8) is 0 Å². The van der Waals surface area contributed by atoms with Gasteiger partial charge in [0, 0.05) is 0 Å². The number of nitrogens with zero attached hydrogens (tertiary/aromatic N) is 1. The average molecular weight is 319 g/mol. The summed E-state index contributed by atoms with van der Waals surface area (Å²) in [5.74, 6) is 0.901. The summed E-state index contributed by atoms with van der Waals surface area (Å²) >= 11 is 1.72. The standard InChI is InChI=1S/C20H17NOS/c1-13(2)22-17-12-11-14-7-3-4-8-15(14)19(17)20-21-16-9-5-6-10-18(16)23-20/h3-13H,1-2H3. The van der Waals surface area contributed by atoms with Crippen LogP contribution in [0.25, 0.3) is 31.6 Å². The van der Waals surface area contributed by atoms with Crippen molar-refractivity contribution in [2.75, 3.05) is 0 Å². The van der Waals surface area contributed by atoms with Gasteiger partial charge in [-0.3, -0.25) is 0 Å². The van der Waals surface area contributed by atoms with Gasteiger partial charge in [-0.05, 0) is 42.8 Å². The van der Waals surface area contributed by atoms with Gasteiger partial charge in [0.05, 0.1) is 21.9 Å². The van der Waals surface area contributed by atoms with Gasteiger partial charge in [0.1, 0.15) is 10.8 Å². The molecular formula is C20H17NOS. The summed E-state index contributed by atoms with van der Waals surface area (Å²) < 4.78 is 7.27. The van der Waals surface area contributed by atoms with Gasteiger partial charge in [-0.25, -0.2) is 4.98 Å². The van der Waals surface area contributed by atoms with Gasteiger partial charge in [-0.15, -0.1) is 11.3 Å². The molecule has 0 saturated heterocycles. The Balaban J connectivity index is 2.02. The third-order valence-electron chi connectivity index (χ3n) is 3.76. The lowest BCUT2D eigenvalue weighted by molar-refractivity contribution is 0.244. The molecule has 3 aromatic carbocycles. The first-order chi connectivity index (χ1) is 11.2. The highest BCUT2D eigenvalue weighted by atomic mass is 32.1. The predicted molar refractivity (Wildman–Crippen MR) is 98.3 cm³/mol. The van der Waals surface area contributed by atoms with E-state index >= 15 is 0 Å². The highest BCUT2D eigenvalue weighted by molar-refractivity contribution is 7.21. The number of thiazole rings is 1. The maximum absolute atomic E-state index is 6.07. The number of hydrogen-bond donors (Lipinski definition) is 0. The Hall–Kier alpha value is -2.39. The van der Waals surface area contributed by atoms with Gasteiger partial charge in [-0.2, -0.15) is 0 Å². The molecule has 0 aliphatic carbocycles. The number of ether oxygens (including phenoxy) is 1. The monoisotopic (exact) mass is 319 g/mol. The number of hydrogen-bond acceptors (Lipinski definition) is 3. The predicted octanol–water partition coefficient (Wildman–Crippen LogP) is 5.90. The first-order valence-electron chi connectivity index (χ1n) is 7.77. The largest absolute Gasteiger partial charge is 0.490 e. The summed E-state index contributed by atoms with van der Waals surface area (Å²) in [5.41, 5.74) is 2.13. The van der Waals surface area contributed by atoms with Crippen LogP contribution in [0, 0.1) is 0 Å². The molecule has 0 aliphatic rings. The van der Waals surface area contributed by atoms with Gasteiger partial charge < -0.3 is 4.74 Å². The molecule has 4 rings (SSSR count). The van der Waals surface area contributed by atoms with Crippen LogP contribution in [0.15, 0.2) is 60.7 Å². The van der Waals surface area contributed by atoms with Crippen LogP contribution in [-0.2, 0) is 0 Å². The van der Waals surface area contributed by atoms with Crippen molar-refractivity contribution in [2.24, 2.45) is 0 Å². The Morgan fingerprint density at radius 3 is 2.52 bits per heavy atom. The summed E-state index contributed by atoms with van der Waals surface area (Å²) in [5, 5.41) is 3.40. The molecule has 0 amide bonds. The maximum Gasteiger partial charge on any atom is 0.130 e. The van der Waals surface area contributed by atoms with E-state index in [4.69, 9.17) is 9.72 Å². The van der Waals surface area contributed by atoms with E-state index in [2.05, 4.69) is 68.4 Å². The number of fused-ring (bicyclic) bond motifs is 2. The van der Waals surface area contributed by atoms with Crippen molar-refractivity contribution in [1.29, 1.82) is 0 Å². The Kier molecular flexibility index (Phi) is 3.50. The summed E-state index contributed by atoms with van der Waals surface area (Å²) in [4.78, 5) is 4.84. The molecule has 0 saturated carbocycles. The van der Waals surface area contributed by atoms with Crippen molar-refractivity contribution < 1.29 is 4.74 Å². The fourth-order valence-corrected chi connectivity index (χ4v) is 3.83. The van der Waals surface area contributed by atoms with Crippen molar-refractivity contribution in [3.05, 3.63) is 60.7 Å². The van der Waals surface area contributed by atoms with Gasteiger partial charge in [0.25, 0.3) is 0 Å². The summed E-state index contributed by atoms with van der Waals surface area (Å²) in [6.07, 6.45) is 0.129. The number of para-hydroxylation sites is 1. The van der Waals surface area contributed by atoms with Gasteiger partial charge in [-0.1, -0.05) is 42.5 Å². The molecular weight excluding hydrogens is 302 g/mol. The highest BCUT2D eigenvalue weighted by Crippen LogP contribution is 2.41. The van der Waals surface area contributed by atoms with Crippen LogP contribution in [-0.4, -0.2) is 11.1 Å². The first-order valence-corrected chi connectivity index (χ1v) is 8.58. The Morgan fingerprint density at radius 2 is 1.70 bits per heavy atom. The molecule has 1 aromatic heterocycles. The summed E-state index contributed by atoms with van der Waals surface area (Å²) in [6.45, 7) is 4.11. The smallest absolute Gasteiger partial charge is 0.130 e. The van der Waals surface area contributed by atoms with Gasteiger partial charge >= 0.3 is 0 Å². The van der Waals surface area contributed by atoms with Gasteiger partial charge in [0.2, 0.25) is 0 Å². The van der Waals surface area contributed by atoms with Crippen LogP contribution >= 0.6 is 11.3 Å². The van der Waals surface area contributed by atoms with Crippen molar-refractivity contribution in [2.45, 2.75) is 20.0 Å². The Bertz CT molecular complexity index is 954. The molecule has 0 radical (unpaired) electrons. The van der Waals surface area contributed by atoms with E-state index in [1.54, 1.807) is 11.3 Å². The number of benzene rings is 3. The molecule has 2 nitrogen and oxygen atoms in total. The van der Waals surface area contributed by atoms with Crippen LogP contribution in [0.1, 0.15) is 13.8 Å². The van der Waals surface area contributed by atoms with E-state index in [0.29, 0.717) is 0 Å². The normalized spacial score (nSPS) is 11.4. The number of aromatic nitrogens is 1. The van der Waals surface area contributed by atoms with Crippen LogP contribution in [0.4, 0.5) is 0 Å². The topological polar surface area (TPSA) is 22.1 Å². The SMILES string of the molecule is CC(C)Oc1ccc2ccccc2c1-c1nc2ccccc2s1. The summed E-state index contributed by atoms with van der Waals surface area (Å²) in [6, 6.07) is 20.8. The van der Waals surface area contributed by atoms with Gasteiger partial charge in [0.15, 0.2) is 0 Å². The zero-order chi connectivity index (χ0) is 15.8. The molecule has 0 bridgehead atoms. The van der Waals surface area contributed by atoms with E-state index in [1.807, 2.05) is 6.07 Å². The van der Waals surface area contributed by atoms with Crippen LogP contribution in [0.3, 0.4) is 0 Å². The zero-order valence-electron chi connectivity index (χ0n) is 13.1. The van der Waals surface area contributed by atoms with Crippen molar-refractivity contribution in [1.82, 2.24) is 4.98 Å². The lowest BCUT2D eigenvalue weighted by atomic mass is 10.0. The molecule has 1 heterocycles. The molecule has 3 heteroatoms. The average Bonchev–Trinajstić information content (AvgIpc) is 2.97. The lowest BCUT2D eigenvalue weighted by Gasteiger charge is -2.15. The van der Waals surface area contributed by atoms with Crippen LogP contribution in [0.2, 0.25) is 0 Å². The van der Waals surface area contributed by atoms with Crippen molar-refractivity contribution >= 4 is 32.3 Å². The second kappa shape index (κ2) is 5.67. The molecule has 0 fully saturated rings. The van der Waals surface area contributed by atoms with Crippen molar-refractivity contribution in [3.8, 4) is 16.3 Å². The second-order valence-corrected chi connectivity index (χ2v) is 6.84. The van der Waals surface area contributed by atoms with Crippen LogP contribution < -0.4 is 4.74 Å². The molecule has 0 aliphatic heterocycles. The molecule has 0 unspecified atom stereocenters. The fourth-order valence-electron chi connectivity index (χ4n) is 2.80. The summed E-state index contributed by atoms with van der Waals surface area (Å²) in [7, 11) is 0. The second-order valence-electron chi connectivity index (χ2n) is 5.81. The minimum atomic E-state index is 0.129. The molecule has 0 N–H and O–H groups in total. The first kappa shape index (κ1) is 14.2. The van der Waals surface area contributed by atoms with E-state index in [-0.39, 0.29) is 6.10 Å². The Morgan fingerprint density at radius 1 is 0.913 bits per heavy atom. The van der Waals surface area contributed by atoms with Crippen LogP contribution in [0.5, 0.6) is 5.75 Å². The fraction of sp³-hybridized carbons (Fsp3) is 0.150. The van der Waals surface area contributed by atoms with E-state index in [9.17, 15) is 0 Å². The third-order valence-corrected chi connectivity index (χ3v) is 4.82. The molecule has 23 heavy (non-hydrogen) atoms. The Labute approximate surface area is 139 Å². The zero-order valence-corrected chi connectivity index (χ0v) is 13.9. The molecule has 114 valence electrons. The highest BCUT2D eigenvalue weighted by Gasteiger charge is 2.16. The number of rotatable bonds is 3. The quantitative estimate of drug-likeness (QED) is 0.469. The van der Waals surface area contributed by atoms with E-state index < -0.39 is 0 Å². The molecule has 0 atom stereocenters.